The SMILES string of the molecule is NCCC(=O)NCCN(CCC=O)CCC1CO1. The molecule has 1 aliphatic rings. The highest BCUT2D eigenvalue weighted by molar-refractivity contribution is 5.75. The van der Waals surface area contributed by atoms with Gasteiger partial charge in [-0.3, -0.25) is 4.79 Å². The smallest absolute Gasteiger partial charge is 0.221 e. The highest BCUT2D eigenvalue weighted by Crippen LogP contribution is 2.13. The second-order valence-electron chi connectivity index (χ2n) is 4.43. The number of carbonyl (C=O) groups is 2. The molecule has 0 radical (unpaired) electrons. The van der Waals surface area contributed by atoms with Gasteiger partial charge in [-0.1, -0.05) is 0 Å². The summed E-state index contributed by atoms with van der Waals surface area (Å²) in [6.07, 6.45) is 3.21. The van der Waals surface area contributed by atoms with Gasteiger partial charge in [0.05, 0.1) is 12.7 Å². The molecular formula is C12H23N3O3. The van der Waals surface area contributed by atoms with E-state index in [1.165, 1.54) is 0 Å². The van der Waals surface area contributed by atoms with Gasteiger partial charge in [0.25, 0.3) is 0 Å². The first-order valence-corrected chi connectivity index (χ1v) is 6.50. The van der Waals surface area contributed by atoms with Crippen LogP contribution in [0.4, 0.5) is 0 Å². The van der Waals surface area contributed by atoms with Gasteiger partial charge in [-0.15, -0.1) is 0 Å². The number of nitrogens with one attached hydrogen (secondary N) is 1. The second kappa shape index (κ2) is 9.02. The lowest BCUT2D eigenvalue weighted by Gasteiger charge is -2.21. The van der Waals surface area contributed by atoms with E-state index in [-0.39, 0.29) is 5.91 Å². The van der Waals surface area contributed by atoms with E-state index in [9.17, 15) is 9.59 Å². The van der Waals surface area contributed by atoms with E-state index in [2.05, 4.69) is 10.2 Å². The topological polar surface area (TPSA) is 88.0 Å². The maximum Gasteiger partial charge on any atom is 0.221 e. The fourth-order valence-corrected chi connectivity index (χ4v) is 1.70. The Balaban J connectivity index is 2.12. The molecule has 1 unspecified atom stereocenters. The van der Waals surface area contributed by atoms with E-state index in [0.717, 1.165) is 38.9 Å². The van der Waals surface area contributed by atoms with Gasteiger partial charge in [-0.05, 0) is 6.42 Å². The first-order chi connectivity index (χ1) is 8.76. The van der Waals surface area contributed by atoms with Crippen molar-refractivity contribution in [2.75, 3.05) is 39.3 Å². The lowest BCUT2D eigenvalue weighted by atomic mass is 10.3. The standard InChI is InChI=1S/C12H23N3O3/c13-4-2-12(17)14-5-8-15(6-1-9-16)7-3-11-10-18-11/h9,11H,1-8,10,13H2,(H,14,17). The van der Waals surface area contributed by atoms with Crippen LogP contribution in [-0.2, 0) is 14.3 Å². The Bertz CT molecular complexity index is 257. The minimum atomic E-state index is -0.0154. The van der Waals surface area contributed by atoms with Gasteiger partial charge < -0.3 is 25.5 Å². The number of hydrogen-bond acceptors (Lipinski definition) is 5. The fourth-order valence-electron chi connectivity index (χ4n) is 1.70. The number of nitrogens with zero attached hydrogens (tertiary/aromatic N) is 1. The first kappa shape index (κ1) is 15.1. The molecule has 0 saturated carbocycles. The van der Waals surface area contributed by atoms with Crippen LogP contribution in [0.1, 0.15) is 19.3 Å². The molecule has 0 spiro atoms. The number of epoxide rings is 1. The number of carbonyl (C=O) groups excluding carboxylic acids is 2. The lowest BCUT2D eigenvalue weighted by molar-refractivity contribution is -0.121. The maximum absolute atomic E-state index is 11.2. The molecular weight excluding hydrogens is 234 g/mol. The van der Waals surface area contributed by atoms with Crippen molar-refractivity contribution in [2.45, 2.75) is 25.4 Å². The summed E-state index contributed by atoms with van der Waals surface area (Å²) in [4.78, 5) is 23.8. The van der Waals surface area contributed by atoms with Crippen LogP contribution in [0.5, 0.6) is 0 Å². The summed E-state index contributed by atoms with van der Waals surface area (Å²) >= 11 is 0. The van der Waals surface area contributed by atoms with Gasteiger partial charge in [0.1, 0.15) is 6.29 Å². The first-order valence-electron chi connectivity index (χ1n) is 6.50. The molecule has 3 N–H and O–H groups in total. The predicted octanol–water partition coefficient (Wildman–Crippen LogP) is -0.869. The molecule has 0 aromatic rings. The minimum absolute atomic E-state index is 0.0154. The third-order valence-corrected chi connectivity index (χ3v) is 2.85. The van der Waals surface area contributed by atoms with Crippen LogP contribution in [-0.4, -0.2) is 62.5 Å². The van der Waals surface area contributed by atoms with Crippen LogP contribution in [0.3, 0.4) is 0 Å². The Morgan fingerprint density at radius 1 is 1.44 bits per heavy atom. The quantitative estimate of drug-likeness (QED) is 0.371. The molecule has 1 amide bonds. The van der Waals surface area contributed by atoms with Crippen LogP contribution in [0.15, 0.2) is 0 Å². The second-order valence-corrected chi connectivity index (χ2v) is 4.43. The number of ether oxygens (including phenoxy) is 1. The molecule has 1 rings (SSSR count). The van der Waals surface area contributed by atoms with Crippen molar-refractivity contribution in [2.24, 2.45) is 5.73 Å². The largest absolute Gasteiger partial charge is 0.373 e. The molecule has 0 aromatic heterocycles. The van der Waals surface area contributed by atoms with Crippen LogP contribution in [0, 0.1) is 0 Å². The van der Waals surface area contributed by atoms with Gasteiger partial charge in [0.15, 0.2) is 0 Å². The van der Waals surface area contributed by atoms with Gasteiger partial charge in [-0.25, -0.2) is 0 Å². The summed E-state index contributed by atoms with van der Waals surface area (Å²) in [5.74, 6) is -0.0154. The molecule has 6 nitrogen and oxygen atoms in total. The third kappa shape index (κ3) is 7.37. The molecule has 1 aliphatic heterocycles. The van der Waals surface area contributed by atoms with E-state index >= 15 is 0 Å². The number of hydrogen-bond donors (Lipinski definition) is 2. The fraction of sp³-hybridized carbons (Fsp3) is 0.833. The van der Waals surface area contributed by atoms with E-state index in [0.29, 0.717) is 32.0 Å². The molecule has 1 heterocycles. The van der Waals surface area contributed by atoms with Crippen LogP contribution < -0.4 is 11.1 Å². The number of amides is 1. The molecule has 1 fully saturated rings. The van der Waals surface area contributed by atoms with E-state index in [1.54, 1.807) is 0 Å². The zero-order valence-corrected chi connectivity index (χ0v) is 10.8. The zero-order valence-electron chi connectivity index (χ0n) is 10.8. The summed E-state index contributed by atoms with van der Waals surface area (Å²) < 4.78 is 5.16. The van der Waals surface area contributed by atoms with Crippen molar-refractivity contribution in [3.8, 4) is 0 Å². The van der Waals surface area contributed by atoms with E-state index < -0.39 is 0 Å². The van der Waals surface area contributed by atoms with Gasteiger partial charge in [0.2, 0.25) is 5.91 Å². The Hall–Kier alpha value is -0.980. The Morgan fingerprint density at radius 2 is 2.22 bits per heavy atom. The van der Waals surface area contributed by atoms with Crippen LogP contribution >= 0.6 is 0 Å². The summed E-state index contributed by atoms with van der Waals surface area (Å²) in [7, 11) is 0. The van der Waals surface area contributed by atoms with Crippen molar-refractivity contribution < 1.29 is 14.3 Å². The molecule has 1 atom stereocenters. The zero-order chi connectivity index (χ0) is 13.2. The van der Waals surface area contributed by atoms with Crippen molar-refractivity contribution in [1.82, 2.24) is 10.2 Å². The molecule has 1 saturated heterocycles. The normalized spacial score (nSPS) is 17.8. The lowest BCUT2D eigenvalue weighted by Crippen LogP contribution is -2.37. The summed E-state index contributed by atoms with van der Waals surface area (Å²) in [6, 6.07) is 0. The highest BCUT2D eigenvalue weighted by atomic mass is 16.6. The van der Waals surface area contributed by atoms with Crippen molar-refractivity contribution in [3.63, 3.8) is 0 Å². The Morgan fingerprint density at radius 3 is 2.83 bits per heavy atom. The van der Waals surface area contributed by atoms with Crippen molar-refractivity contribution in [3.05, 3.63) is 0 Å². The van der Waals surface area contributed by atoms with Crippen LogP contribution in [0.2, 0.25) is 0 Å². The van der Waals surface area contributed by atoms with Gasteiger partial charge in [0, 0.05) is 45.6 Å². The predicted molar refractivity (Wildman–Crippen MR) is 68.2 cm³/mol. The van der Waals surface area contributed by atoms with Gasteiger partial charge in [-0.2, -0.15) is 0 Å². The molecule has 0 aliphatic carbocycles. The van der Waals surface area contributed by atoms with Crippen molar-refractivity contribution in [1.29, 1.82) is 0 Å². The summed E-state index contributed by atoms with van der Waals surface area (Å²) in [5.41, 5.74) is 5.29. The van der Waals surface area contributed by atoms with E-state index in [1.807, 2.05) is 0 Å². The number of rotatable bonds is 11. The summed E-state index contributed by atoms with van der Waals surface area (Å²) in [6.45, 7) is 4.24. The number of nitrogens with two attached hydrogens (primary N) is 1. The van der Waals surface area contributed by atoms with Crippen molar-refractivity contribution >= 4 is 12.2 Å². The van der Waals surface area contributed by atoms with Gasteiger partial charge >= 0.3 is 0 Å². The minimum Gasteiger partial charge on any atom is -0.373 e. The third-order valence-electron chi connectivity index (χ3n) is 2.85. The van der Waals surface area contributed by atoms with E-state index in [4.69, 9.17) is 10.5 Å². The maximum atomic E-state index is 11.2. The van der Waals surface area contributed by atoms with Crippen LogP contribution in [0.25, 0.3) is 0 Å². The average Bonchev–Trinajstić information content (AvgIpc) is 3.16. The highest BCUT2D eigenvalue weighted by Gasteiger charge is 2.22. The molecule has 104 valence electrons. The Labute approximate surface area is 108 Å². The monoisotopic (exact) mass is 257 g/mol. The number of aldehydes is 1. The summed E-state index contributed by atoms with van der Waals surface area (Å²) in [5, 5.41) is 2.81. The molecule has 6 heteroatoms. The Kier molecular flexibility index (Phi) is 7.55. The average molecular weight is 257 g/mol. The molecule has 0 bridgehead atoms. The molecule has 0 aromatic carbocycles. The molecule has 18 heavy (non-hydrogen) atoms.